The Kier molecular flexibility index (Phi) is 4.74. The number of ether oxygens (including phenoxy) is 1. The van der Waals surface area contributed by atoms with Crippen molar-refractivity contribution in [3.8, 4) is 0 Å². The molecule has 0 bridgehead atoms. The lowest BCUT2D eigenvalue weighted by molar-refractivity contribution is -0.129. The fraction of sp³-hybridized carbons (Fsp3) is 0.467. The first-order valence-electron chi connectivity index (χ1n) is 6.69. The molecule has 1 aromatic carbocycles. The number of hydrogen-bond donors (Lipinski definition) is 1. The van der Waals surface area contributed by atoms with Gasteiger partial charge in [-0.15, -0.1) is 0 Å². The van der Waals surface area contributed by atoms with Crippen LogP contribution in [0.2, 0.25) is 0 Å². The van der Waals surface area contributed by atoms with Crippen LogP contribution in [-0.4, -0.2) is 48.7 Å². The van der Waals surface area contributed by atoms with Crippen LogP contribution in [0.25, 0.3) is 0 Å². The van der Waals surface area contributed by atoms with Crippen molar-refractivity contribution in [1.29, 1.82) is 0 Å². The highest BCUT2D eigenvalue weighted by Crippen LogP contribution is 2.18. The van der Waals surface area contributed by atoms with Crippen LogP contribution < -0.4 is 0 Å². The van der Waals surface area contributed by atoms with Gasteiger partial charge in [0, 0.05) is 26.1 Å². The van der Waals surface area contributed by atoms with E-state index < -0.39 is 5.97 Å². The first kappa shape index (κ1) is 14.5. The number of benzene rings is 1. The second-order valence-corrected chi connectivity index (χ2v) is 5.09. The molecule has 1 heterocycles. The van der Waals surface area contributed by atoms with Gasteiger partial charge in [0.05, 0.1) is 18.6 Å². The highest BCUT2D eigenvalue weighted by atomic mass is 16.5. The summed E-state index contributed by atoms with van der Waals surface area (Å²) in [6, 6.07) is 6.65. The summed E-state index contributed by atoms with van der Waals surface area (Å²) in [4.78, 5) is 25.1. The molecule has 5 nitrogen and oxygen atoms in total. The summed E-state index contributed by atoms with van der Waals surface area (Å²) in [6.07, 6.45) is 1.09. The molecule has 0 aliphatic carbocycles. The zero-order valence-electron chi connectivity index (χ0n) is 11.5. The summed E-state index contributed by atoms with van der Waals surface area (Å²) in [5.41, 5.74) is 0.772. The number of nitrogens with zero attached hydrogens (tertiary/aromatic N) is 1. The number of carbonyl (C=O) groups is 2. The fourth-order valence-corrected chi connectivity index (χ4v) is 2.59. The van der Waals surface area contributed by atoms with E-state index in [4.69, 9.17) is 9.84 Å². The molecule has 0 aromatic heterocycles. The maximum Gasteiger partial charge on any atom is 0.335 e. The summed E-state index contributed by atoms with van der Waals surface area (Å²) in [7, 11) is 1.66. The van der Waals surface area contributed by atoms with Crippen LogP contribution in [0.4, 0.5) is 0 Å². The Balaban J connectivity index is 2.00. The lowest BCUT2D eigenvalue weighted by Crippen LogP contribution is -2.31. The van der Waals surface area contributed by atoms with E-state index in [9.17, 15) is 9.59 Å². The van der Waals surface area contributed by atoms with Gasteiger partial charge in [-0.25, -0.2) is 4.79 Å². The number of carboxylic acid groups (broad SMARTS) is 1. The average molecular weight is 277 g/mol. The Morgan fingerprint density at radius 2 is 2.15 bits per heavy atom. The molecule has 1 fully saturated rings. The molecular formula is C15H19NO4. The third-order valence-corrected chi connectivity index (χ3v) is 3.63. The number of hydrogen-bond acceptors (Lipinski definition) is 3. The lowest BCUT2D eigenvalue weighted by atomic mass is 10.0. The Hall–Kier alpha value is -1.88. The molecule has 1 saturated heterocycles. The maximum absolute atomic E-state index is 12.2. The zero-order valence-corrected chi connectivity index (χ0v) is 11.5. The third-order valence-electron chi connectivity index (χ3n) is 3.63. The second-order valence-electron chi connectivity index (χ2n) is 5.09. The van der Waals surface area contributed by atoms with Crippen molar-refractivity contribution >= 4 is 11.9 Å². The molecule has 0 spiro atoms. The van der Waals surface area contributed by atoms with E-state index in [2.05, 4.69) is 0 Å². The van der Waals surface area contributed by atoms with Crippen molar-refractivity contribution in [3.05, 3.63) is 35.4 Å². The van der Waals surface area contributed by atoms with E-state index in [0.29, 0.717) is 24.6 Å². The van der Waals surface area contributed by atoms with Gasteiger partial charge in [0.2, 0.25) is 5.91 Å². The van der Waals surface area contributed by atoms with Crippen molar-refractivity contribution in [2.75, 3.05) is 26.8 Å². The van der Waals surface area contributed by atoms with Crippen LogP contribution in [0.5, 0.6) is 0 Å². The van der Waals surface area contributed by atoms with Crippen LogP contribution in [0.15, 0.2) is 24.3 Å². The Labute approximate surface area is 118 Å². The number of amides is 1. The quantitative estimate of drug-likeness (QED) is 0.884. The van der Waals surface area contributed by atoms with E-state index in [-0.39, 0.29) is 17.9 Å². The molecule has 5 heteroatoms. The summed E-state index contributed by atoms with van der Waals surface area (Å²) in [6.45, 7) is 2.08. The van der Waals surface area contributed by atoms with Gasteiger partial charge in [0.1, 0.15) is 0 Å². The number of carbonyl (C=O) groups excluding carboxylic acids is 1. The standard InChI is InChI=1S/C15H19NO4/c1-20-10-11-6-7-16(9-11)14(17)8-12-4-2-3-5-13(12)15(18)19/h2-5,11H,6-10H2,1H3,(H,18,19). The molecule has 2 rings (SSSR count). The first-order chi connectivity index (χ1) is 9.61. The lowest BCUT2D eigenvalue weighted by Gasteiger charge is -2.17. The van der Waals surface area contributed by atoms with E-state index in [1.165, 1.54) is 6.07 Å². The number of aromatic carboxylic acids is 1. The van der Waals surface area contributed by atoms with Crippen LogP contribution in [0.3, 0.4) is 0 Å². The monoisotopic (exact) mass is 277 g/mol. The molecule has 1 unspecified atom stereocenters. The zero-order chi connectivity index (χ0) is 14.5. The SMILES string of the molecule is COCC1CCN(C(=O)Cc2ccccc2C(=O)O)C1. The molecule has 1 aliphatic heterocycles. The molecular weight excluding hydrogens is 258 g/mol. The summed E-state index contributed by atoms with van der Waals surface area (Å²) in [5.74, 6) is -0.622. The van der Waals surface area contributed by atoms with Crippen molar-refractivity contribution in [2.24, 2.45) is 5.92 Å². The van der Waals surface area contributed by atoms with Gasteiger partial charge in [-0.05, 0) is 18.1 Å². The van der Waals surface area contributed by atoms with Crippen molar-refractivity contribution in [2.45, 2.75) is 12.8 Å². The Bertz CT molecular complexity index is 500. The Morgan fingerprint density at radius 1 is 1.40 bits per heavy atom. The topological polar surface area (TPSA) is 66.8 Å². The van der Waals surface area contributed by atoms with E-state index >= 15 is 0 Å². The normalized spacial score (nSPS) is 18.2. The second kappa shape index (κ2) is 6.52. The van der Waals surface area contributed by atoms with Crippen LogP contribution in [0, 0.1) is 5.92 Å². The molecule has 1 aliphatic rings. The number of rotatable bonds is 5. The molecule has 20 heavy (non-hydrogen) atoms. The van der Waals surface area contributed by atoms with Crippen LogP contribution >= 0.6 is 0 Å². The summed E-state index contributed by atoms with van der Waals surface area (Å²) in [5, 5.41) is 9.11. The average Bonchev–Trinajstić information content (AvgIpc) is 2.88. The predicted molar refractivity (Wildman–Crippen MR) is 73.7 cm³/mol. The van der Waals surface area contributed by atoms with Gasteiger partial charge in [0.15, 0.2) is 0 Å². The number of carboxylic acids is 1. The van der Waals surface area contributed by atoms with Crippen LogP contribution in [-0.2, 0) is 16.0 Å². The van der Waals surface area contributed by atoms with Gasteiger partial charge >= 0.3 is 5.97 Å². The minimum absolute atomic E-state index is 0.0164. The minimum Gasteiger partial charge on any atom is -0.478 e. The smallest absolute Gasteiger partial charge is 0.335 e. The van der Waals surface area contributed by atoms with Gasteiger partial charge in [-0.2, -0.15) is 0 Å². The molecule has 0 saturated carbocycles. The maximum atomic E-state index is 12.2. The molecule has 1 N–H and O–H groups in total. The van der Waals surface area contributed by atoms with Crippen molar-refractivity contribution in [1.82, 2.24) is 4.90 Å². The van der Waals surface area contributed by atoms with Gasteiger partial charge in [-0.3, -0.25) is 4.79 Å². The molecule has 1 amide bonds. The van der Waals surface area contributed by atoms with Gasteiger partial charge < -0.3 is 14.7 Å². The highest BCUT2D eigenvalue weighted by Gasteiger charge is 2.26. The van der Waals surface area contributed by atoms with E-state index in [1.54, 1.807) is 30.2 Å². The van der Waals surface area contributed by atoms with E-state index in [1.807, 2.05) is 0 Å². The van der Waals surface area contributed by atoms with Crippen molar-refractivity contribution < 1.29 is 19.4 Å². The summed E-state index contributed by atoms with van der Waals surface area (Å²) < 4.78 is 5.11. The third kappa shape index (κ3) is 3.36. The molecule has 108 valence electrons. The van der Waals surface area contributed by atoms with Crippen LogP contribution in [0.1, 0.15) is 22.3 Å². The summed E-state index contributed by atoms with van der Waals surface area (Å²) >= 11 is 0. The largest absolute Gasteiger partial charge is 0.478 e. The highest BCUT2D eigenvalue weighted by molar-refractivity contribution is 5.91. The number of likely N-dealkylation sites (tertiary alicyclic amines) is 1. The number of methoxy groups -OCH3 is 1. The van der Waals surface area contributed by atoms with Gasteiger partial charge in [-0.1, -0.05) is 18.2 Å². The minimum atomic E-state index is -0.993. The van der Waals surface area contributed by atoms with E-state index in [0.717, 1.165) is 13.0 Å². The molecule has 1 atom stereocenters. The predicted octanol–water partition coefficient (Wildman–Crippen LogP) is 1.42. The Morgan fingerprint density at radius 3 is 2.85 bits per heavy atom. The first-order valence-corrected chi connectivity index (χ1v) is 6.69. The molecule has 0 radical (unpaired) electrons. The van der Waals surface area contributed by atoms with Crippen molar-refractivity contribution in [3.63, 3.8) is 0 Å². The molecule has 1 aromatic rings. The fourth-order valence-electron chi connectivity index (χ4n) is 2.59. The van der Waals surface area contributed by atoms with Gasteiger partial charge in [0.25, 0.3) is 0 Å².